The summed E-state index contributed by atoms with van der Waals surface area (Å²) in [4.78, 5) is 51.9. The molecule has 2 amide bonds. The summed E-state index contributed by atoms with van der Waals surface area (Å²) in [6.45, 7) is 6.01. The molecule has 1 heterocycles. The van der Waals surface area contributed by atoms with Crippen LogP contribution in [0.5, 0.6) is 5.75 Å². The third kappa shape index (κ3) is 4.94. The fourth-order valence-corrected chi connectivity index (χ4v) is 3.46. The number of benzene rings is 1. The van der Waals surface area contributed by atoms with Crippen LogP contribution in [0.25, 0.3) is 0 Å². The van der Waals surface area contributed by atoms with E-state index in [1.165, 1.54) is 6.07 Å². The van der Waals surface area contributed by atoms with Gasteiger partial charge in [-0.15, -0.1) is 0 Å². The molecule has 3 rings (SSSR count). The number of amides is 2. The number of fused-ring (bicyclic) bond motifs is 1. The van der Waals surface area contributed by atoms with Gasteiger partial charge in [-0.1, -0.05) is 13.8 Å². The number of aromatic nitrogens is 1. The van der Waals surface area contributed by atoms with Crippen molar-refractivity contribution in [1.29, 1.82) is 0 Å². The molecule has 8 nitrogen and oxygen atoms in total. The first-order valence-corrected chi connectivity index (χ1v) is 9.79. The van der Waals surface area contributed by atoms with Crippen LogP contribution in [-0.2, 0) is 11.2 Å². The molecular formula is C22H25N3O5. The molecule has 1 aromatic heterocycles. The summed E-state index contributed by atoms with van der Waals surface area (Å²) in [5, 5.41) is 5.07. The first-order valence-electron chi connectivity index (χ1n) is 9.79. The van der Waals surface area contributed by atoms with Gasteiger partial charge >= 0.3 is 0 Å². The van der Waals surface area contributed by atoms with Crippen molar-refractivity contribution in [2.24, 2.45) is 5.41 Å². The standard InChI is InChI=1S/C22H25N3O5/c1-4-30-14-7-5-13(6-8-14)24-19(27)12-23-20(28)16-9-15-17(25-21(16)29)10-22(2,3)11-18(15)26/h5-9H,4,10-12H2,1-3H3,(H,23,28)(H,24,27)(H,25,29). The number of aromatic amines is 1. The zero-order valence-corrected chi connectivity index (χ0v) is 17.3. The topological polar surface area (TPSA) is 117 Å². The maximum absolute atomic E-state index is 12.4. The molecule has 0 radical (unpaired) electrons. The van der Waals surface area contributed by atoms with Crippen LogP contribution >= 0.6 is 0 Å². The zero-order valence-electron chi connectivity index (χ0n) is 17.3. The predicted molar refractivity (Wildman–Crippen MR) is 112 cm³/mol. The highest BCUT2D eigenvalue weighted by atomic mass is 16.5. The van der Waals surface area contributed by atoms with Crippen LogP contribution in [0.4, 0.5) is 5.69 Å². The summed E-state index contributed by atoms with van der Waals surface area (Å²) < 4.78 is 5.34. The van der Waals surface area contributed by atoms with Crippen LogP contribution in [0, 0.1) is 5.41 Å². The van der Waals surface area contributed by atoms with Crippen LogP contribution in [0.15, 0.2) is 35.1 Å². The monoisotopic (exact) mass is 411 g/mol. The average molecular weight is 411 g/mol. The minimum absolute atomic E-state index is 0.111. The Bertz CT molecular complexity index is 1040. The molecular weight excluding hydrogens is 386 g/mol. The molecule has 158 valence electrons. The molecule has 1 aliphatic carbocycles. The Morgan fingerprint density at radius 2 is 1.83 bits per heavy atom. The molecule has 3 N–H and O–H groups in total. The van der Waals surface area contributed by atoms with Crippen LogP contribution in [0.3, 0.4) is 0 Å². The van der Waals surface area contributed by atoms with Crippen molar-refractivity contribution in [3.63, 3.8) is 0 Å². The number of carbonyl (C=O) groups excluding carboxylic acids is 3. The summed E-state index contributed by atoms with van der Waals surface area (Å²) in [5.74, 6) is -0.577. The third-order valence-electron chi connectivity index (χ3n) is 4.82. The summed E-state index contributed by atoms with van der Waals surface area (Å²) in [6.07, 6.45) is 0.896. The van der Waals surface area contributed by atoms with Gasteiger partial charge in [-0.2, -0.15) is 0 Å². The number of carbonyl (C=O) groups is 3. The first-order chi connectivity index (χ1) is 14.2. The number of ketones is 1. The fraction of sp³-hybridized carbons (Fsp3) is 0.364. The lowest BCUT2D eigenvalue weighted by Crippen LogP contribution is -2.37. The van der Waals surface area contributed by atoms with Gasteiger partial charge in [0.1, 0.15) is 11.3 Å². The summed E-state index contributed by atoms with van der Waals surface area (Å²) >= 11 is 0. The summed E-state index contributed by atoms with van der Waals surface area (Å²) in [7, 11) is 0. The molecule has 8 heteroatoms. The minimum Gasteiger partial charge on any atom is -0.494 e. The molecule has 0 spiro atoms. The second kappa shape index (κ2) is 8.52. The number of rotatable bonds is 6. The number of hydrogen-bond acceptors (Lipinski definition) is 5. The Kier molecular flexibility index (Phi) is 6.05. The van der Waals surface area contributed by atoms with Gasteiger partial charge in [-0.05, 0) is 49.1 Å². The SMILES string of the molecule is CCOc1ccc(NC(=O)CNC(=O)c2cc3c([nH]c2=O)CC(C)(C)CC3=O)cc1. The highest BCUT2D eigenvalue weighted by Crippen LogP contribution is 2.33. The Hall–Kier alpha value is -3.42. The van der Waals surface area contributed by atoms with Crippen molar-refractivity contribution >= 4 is 23.3 Å². The lowest BCUT2D eigenvalue weighted by molar-refractivity contribution is -0.115. The van der Waals surface area contributed by atoms with E-state index in [1.54, 1.807) is 24.3 Å². The van der Waals surface area contributed by atoms with Gasteiger partial charge in [0, 0.05) is 23.4 Å². The number of anilines is 1. The van der Waals surface area contributed by atoms with Gasteiger partial charge in [0.25, 0.3) is 11.5 Å². The highest BCUT2D eigenvalue weighted by molar-refractivity contribution is 6.03. The molecule has 0 fully saturated rings. The normalized spacial score (nSPS) is 14.6. The van der Waals surface area contributed by atoms with Crippen molar-refractivity contribution in [3.05, 3.63) is 57.5 Å². The molecule has 1 aromatic carbocycles. The molecule has 0 saturated carbocycles. The fourth-order valence-electron chi connectivity index (χ4n) is 3.46. The van der Waals surface area contributed by atoms with Gasteiger partial charge in [-0.25, -0.2) is 0 Å². The number of hydrogen-bond donors (Lipinski definition) is 3. The maximum Gasteiger partial charge on any atom is 0.261 e. The smallest absolute Gasteiger partial charge is 0.261 e. The molecule has 2 aromatic rings. The Labute approximate surface area is 174 Å². The quantitative estimate of drug-likeness (QED) is 0.674. The summed E-state index contributed by atoms with van der Waals surface area (Å²) in [6, 6.07) is 8.15. The van der Waals surface area contributed by atoms with Crippen LogP contribution in [-0.4, -0.2) is 35.7 Å². The van der Waals surface area contributed by atoms with Gasteiger partial charge < -0.3 is 20.4 Å². The van der Waals surface area contributed by atoms with E-state index in [9.17, 15) is 19.2 Å². The van der Waals surface area contributed by atoms with Crippen LogP contribution in [0.2, 0.25) is 0 Å². The largest absolute Gasteiger partial charge is 0.494 e. The predicted octanol–water partition coefficient (Wildman–Crippen LogP) is 2.30. The van der Waals surface area contributed by atoms with E-state index < -0.39 is 17.4 Å². The van der Waals surface area contributed by atoms with Crippen molar-refractivity contribution in [2.75, 3.05) is 18.5 Å². The lowest BCUT2D eigenvalue weighted by Gasteiger charge is -2.29. The molecule has 0 unspecified atom stereocenters. The van der Waals surface area contributed by atoms with E-state index >= 15 is 0 Å². The Morgan fingerprint density at radius 3 is 2.50 bits per heavy atom. The second-order valence-corrected chi connectivity index (χ2v) is 8.03. The lowest BCUT2D eigenvalue weighted by atomic mass is 9.75. The van der Waals surface area contributed by atoms with Gasteiger partial charge in [0.15, 0.2) is 5.78 Å². The van der Waals surface area contributed by atoms with E-state index in [-0.39, 0.29) is 23.3 Å². The third-order valence-corrected chi connectivity index (χ3v) is 4.82. The number of H-pyrrole nitrogens is 1. The molecule has 0 aliphatic heterocycles. The Morgan fingerprint density at radius 1 is 1.13 bits per heavy atom. The Balaban J connectivity index is 1.63. The van der Waals surface area contributed by atoms with Crippen molar-refractivity contribution in [1.82, 2.24) is 10.3 Å². The van der Waals surface area contributed by atoms with Crippen LogP contribution in [0.1, 0.15) is 53.6 Å². The van der Waals surface area contributed by atoms with Crippen molar-refractivity contribution in [3.8, 4) is 5.75 Å². The van der Waals surface area contributed by atoms with Crippen LogP contribution < -0.4 is 20.9 Å². The average Bonchev–Trinajstić information content (AvgIpc) is 2.66. The molecule has 1 aliphatic rings. The van der Waals surface area contributed by atoms with Gasteiger partial charge in [-0.3, -0.25) is 19.2 Å². The van der Waals surface area contributed by atoms with E-state index in [1.807, 2.05) is 20.8 Å². The summed E-state index contributed by atoms with van der Waals surface area (Å²) in [5.41, 5.74) is 0.455. The number of ether oxygens (including phenoxy) is 1. The highest BCUT2D eigenvalue weighted by Gasteiger charge is 2.32. The van der Waals surface area contributed by atoms with Crippen molar-refractivity contribution < 1.29 is 19.1 Å². The van der Waals surface area contributed by atoms with E-state index in [4.69, 9.17) is 4.74 Å². The van der Waals surface area contributed by atoms with E-state index in [0.717, 1.165) is 0 Å². The molecule has 0 bridgehead atoms. The van der Waals surface area contributed by atoms with E-state index in [0.29, 0.717) is 42.1 Å². The molecule has 30 heavy (non-hydrogen) atoms. The molecule has 0 atom stereocenters. The van der Waals surface area contributed by atoms with Gasteiger partial charge in [0.2, 0.25) is 5.91 Å². The minimum atomic E-state index is -0.710. The van der Waals surface area contributed by atoms with E-state index in [2.05, 4.69) is 15.6 Å². The molecule has 0 saturated heterocycles. The number of pyridine rings is 1. The van der Waals surface area contributed by atoms with Crippen molar-refractivity contribution in [2.45, 2.75) is 33.6 Å². The number of nitrogens with one attached hydrogen (secondary N) is 3. The second-order valence-electron chi connectivity index (χ2n) is 8.03. The maximum atomic E-state index is 12.4. The zero-order chi connectivity index (χ0) is 21.9. The van der Waals surface area contributed by atoms with Gasteiger partial charge in [0.05, 0.1) is 13.2 Å². The number of Topliss-reactive ketones (excluding diaryl/α,β-unsaturated/α-hetero) is 1. The first kappa shape index (κ1) is 21.3.